The molecule has 0 unspecified atom stereocenters. The van der Waals surface area contributed by atoms with Gasteiger partial charge in [0.1, 0.15) is 0 Å². The number of nitrogens with zero attached hydrogens (tertiary/aromatic N) is 3. The molecule has 0 atom stereocenters. The number of aromatic nitrogens is 2. The third-order valence-corrected chi connectivity index (χ3v) is 3.74. The minimum Gasteiger partial charge on any atom is -0.477 e. The molecule has 0 bridgehead atoms. The van der Waals surface area contributed by atoms with Gasteiger partial charge in [-0.25, -0.2) is 4.98 Å². The third kappa shape index (κ3) is 2.79. The third-order valence-electron chi connectivity index (χ3n) is 3.74. The molecule has 0 N–H and O–H groups in total. The molecule has 1 fully saturated rings. The highest BCUT2D eigenvalue weighted by Crippen LogP contribution is 2.30. The SMILES string of the molecule is CCOc1ncccc1-c1ncccc1C(=O)N1CCCC1. The molecule has 3 rings (SSSR count). The first-order chi connectivity index (χ1) is 10.8. The van der Waals surface area contributed by atoms with E-state index in [1.807, 2.05) is 30.0 Å². The summed E-state index contributed by atoms with van der Waals surface area (Å²) in [5, 5.41) is 0. The van der Waals surface area contributed by atoms with Gasteiger partial charge >= 0.3 is 0 Å². The van der Waals surface area contributed by atoms with Gasteiger partial charge in [-0.05, 0) is 44.0 Å². The van der Waals surface area contributed by atoms with Crippen LogP contribution in [0.2, 0.25) is 0 Å². The van der Waals surface area contributed by atoms with Crippen molar-refractivity contribution < 1.29 is 9.53 Å². The van der Waals surface area contributed by atoms with Gasteiger partial charge in [-0.15, -0.1) is 0 Å². The smallest absolute Gasteiger partial charge is 0.256 e. The minimum absolute atomic E-state index is 0.0342. The summed E-state index contributed by atoms with van der Waals surface area (Å²) in [7, 11) is 0. The lowest BCUT2D eigenvalue weighted by Gasteiger charge is -2.17. The summed E-state index contributed by atoms with van der Waals surface area (Å²) in [5.41, 5.74) is 2.00. The zero-order valence-electron chi connectivity index (χ0n) is 12.7. The van der Waals surface area contributed by atoms with Gasteiger partial charge in [0.05, 0.1) is 23.4 Å². The molecule has 2 aromatic rings. The standard InChI is InChI=1S/C17H19N3O2/c1-2-22-16-13(7-5-10-19-16)15-14(8-6-9-18-15)17(21)20-11-3-4-12-20/h5-10H,2-4,11-12H2,1H3. The van der Waals surface area contributed by atoms with Crippen LogP contribution in [-0.4, -0.2) is 40.5 Å². The average molecular weight is 297 g/mol. The van der Waals surface area contributed by atoms with Crippen molar-refractivity contribution in [3.63, 3.8) is 0 Å². The molecule has 0 aliphatic carbocycles. The largest absolute Gasteiger partial charge is 0.477 e. The Kier molecular flexibility index (Phi) is 4.32. The molecule has 1 amide bonds. The summed E-state index contributed by atoms with van der Waals surface area (Å²) in [5.74, 6) is 0.547. The Bertz CT molecular complexity index is 666. The molecular formula is C17H19N3O2. The Morgan fingerprint density at radius 3 is 2.68 bits per heavy atom. The maximum atomic E-state index is 12.7. The Morgan fingerprint density at radius 1 is 1.18 bits per heavy atom. The van der Waals surface area contributed by atoms with E-state index in [0.29, 0.717) is 23.7 Å². The normalized spacial score (nSPS) is 14.1. The molecule has 3 heterocycles. The fourth-order valence-electron chi connectivity index (χ4n) is 2.71. The Morgan fingerprint density at radius 2 is 1.91 bits per heavy atom. The van der Waals surface area contributed by atoms with Crippen LogP contribution in [0.15, 0.2) is 36.7 Å². The number of carbonyl (C=O) groups excluding carboxylic acids is 1. The van der Waals surface area contributed by atoms with E-state index in [9.17, 15) is 4.79 Å². The summed E-state index contributed by atoms with van der Waals surface area (Å²) >= 11 is 0. The number of pyridine rings is 2. The number of likely N-dealkylation sites (tertiary alicyclic amines) is 1. The van der Waals surface area contributed by atoms with Crippen LogP contribution in [0.3, 0.4) is 0 Å². The van der Waals surface area contributed by atoms with Crippen molar-refractivity contribution in [2.75, 3.05) is 19.7 Å². The molecule has 5 heteroatoms. The maximum absolute atomic E-state index is 12.7. The predicted octanol–water partition coefficient (Wildman–Crippen LogP) is 2.78. The molecule has 5 nitrogen and oxygen atoms in total. The molecule has 0 aromatic carbocycles. The fourth-order valence-corrected chi connectivity index (χ4v) is 2.71. The predicted molar refractivity (Wildman–Crippen MR) is 83.8 cm³/mol. The van der Waals surface area contributed by atoms with Gasteiger partial charge in [0.2, 0.25) is 5.88 Å². The molecule has 2 aromatic heterocycles. The zero-order valence-corrected chi connectivity index (χ0v) is 12.7. The molecule has 0 saturated carbocycles. The van der Waals surface area contributed by atoms with Crippen molar-refractivity contribution in [2.24, 2.45) is 0 Å². The van der Waals surface area contributed by atoms with E-state index in [0.717, 1.165) is 31.5 Å². The highest BCUT2D eigenvalue weighted by molar-refractivity contribution is 6.00. The van der Waals surface area contributed by atoms with Gasteiger partial charge in [0.15, 0.2) is 0 Å². The van der Waals surface area contributed by atoms with Gasteiger partial charge in [-0.1, -0.05) is 0 Å². The maximum Gasteiger partial charge on any atom is 0.256 e. The van der Waals surface area contributed by atoms with Gasteiger partial charge in [-0.3, -0.25) is 9.78 Å². The van der Waals surface area contributed by atoms with Gasteiger partial charge in [0, 0.05) is 25.5 Å². The first kappa shape index (κ1) is 14.5. The average Bonchev–Trinajstić information content (AvgIpc) is 3.10. The van der Waals surface area contributed by atoms with Crippen LogP contribution >= 0.6 is 0 Å². The van der Waals surface area contributed by atoms with Gasteiger partial charge in [-0.2, -0.15) is 0 Å². The van der Waals surface area contributed by atoms with Crippen LogP contribution < -0.4 is 4.74 Å². The molecule has 1 saturated heterocycles. The number of amides is 1. The lowest BCUT2D eigenvalue weighted by Crippen LogP contribution is -2.28. The van der Waals surface area contributed by atoms with E-state index in [1.165, 1.54) is 0 Å². The van der Waals surface area contributed by atoms with E-state index in [1.54, 1.807) is 18.5 Å². The van der Waals surface area contributed by atoms with E-state index in [2.05, 4.69) is 9.97 Å². The lowest BCUT2D eigenvalue weighted by molar-refractivity contribution is 0.0793. The fraction of sp³-hybridized carbons (Fsp3) is 0.353. The van der Waals surface area contributed by atoms with Crippen molar-refractivity contribution in [1.82, 2.24) is 14.9 Å². The second-order valence-electron chi connectivity index (χ2n) is 5.19. The molecule has 22 heavy (non-hydrogen) atoms. The van der Waals surface area contributed by atoms with E-state index >= 15 is 0 Å². The molecule has 114 valence electrons. The molecule has 0 spiro atoms. The van der Waals surface area contributed by atoms with E-state index < -0.39 is 0 Å². The lowest BCUT2D eigenvalue weighted by atomic mass is 10.1. The summed E-state index contributed by atoms with van der Waals surface area (Å²) in [4.78, 5) is 23.3. The van der Waals surface area contributed by atoms with Gasteiger partial charge < -0.3 is 9.64 Å². The summed E-state index contributed by atoms with van der Waals surface area (Å²) in [6.07, 6.45) is 5.51. The topological polar surface area (TPSA) is 55.3 Å². The highest BCUT2D eigenvalue weighted by Gasteiger charge is 2.24. The first-order valence-corrected chi connectivity index (χ1v) is 7.63. The Balaban J connectivity index is 2.03. The molecule has 1 aliphatic heterocycles. The van der Waals surface area contributed by atoms with E-state index in [-0.39, 0.29) is 5.91 Å². The second-order valence-corrected chi connectivity index (χ2v) is 5.19. The summed E-state index contributed by atoms with van der Waals surface area (Å²) in [6, 6.07) is 7.34. The summed E-state index contributed by atoms with van der Waals surface area (Å²) in [6.45, 7) is 4.07. The van der Waals surface area contributed by atoms with E-state index in [4.69, 9.17) is 4.74 Å². The number of hydrogen-bond donors (Lipinski definition) is 0. The summed E-state index contributed by atoms with van der Waals surface area (Å²) < 4.78 is 5.58. The Labute approximate surface area is 130 Å². The van der Waals surface area contributed by atoms with Crippen LogP contribution in [0.5, 0.6) is 5.88 Å². The molecular weight excluding hydrogens is 278 g/mol. The first-order valence-electron chi connectivity index (χ1n) is 7.63. The number of ether oxygens (including phenoxy) is 1. The van der Waals surface area contributed by atoms with Crippen molar-refractivity contribution in [3.8, 4) is 17.1 Å². The van der Waals surface area contributed by atoms with Crippen LogP contribution in [0.25, 0.3) is 11.3 Å². The zero-order chi connectivity index (χ0) is 15.4. The molecule has 1 aliphatic rings. The van der Waals surface area contributed by atoms with Crippen LogP contribution in [-0.2, 0) is 0 Å². The highest BCUT2D eigenvalue weighted by atomic mass is 16.5. The number of rotatable bonds is 4. The van der Waals surface area contributed by atoms with Crippen LogP contribution in [0, 0.1) is 0 Å². The van der Waals surface area contributed by atoms with Crippen molar-refractivity contribution in [3.05, 3.63) is 42.2 Å². The van der Waals surface area contributed by atoms with Crippen molar-refractivity contribution in [2.45, 2.75) is 19.8 Å². The van der Waals surface area contributed by atoms with Crippen LogP contribution in [0.4, 0.5) is 0 Å². The van der Waals surface area contributed by atoms with Crippen LogP contribution in [0.1, 0.15) is 30.1 Å². The monoisotopic (exact) mass is 297 g/mol. The van der Waals surface area contributed by atoms with Gasteiger partial charge in [0.25, 0.3) is 5.91 Å². The number of carbonyl (C=O) groups is 1. The van der Waals surface area contributed by atoms with Crippen molar-refractivity contribution >= 4 is 5.91 Å². The minimum atomic E-state index is 0.0342. The Hall–Kier alpha value is -2.43. The second kappa shape index (κ2) is 6.56. The number of hydrogen-bond acceptors (Lipinski definition) is 4. The molecule has 0 radical (unpaired) electrons. The quantitative estimate of drug-likeness (QED) is 0.870. The van der Waals surface area contributed by atoms with Crippen molar-refractivity contribution in [1.29, 1.82) is 0 Å².